The number of furan rings is 1. The smallest absolute Gasteiger partial charge is 0.297 e. The molecule has 0 radical (unpaired) electrons. The Hall–Kier alpha value is -3.06. The summed E-state index contributed by atoms with van der Waals surface area (Å²) >= 11 is 1.55. The zero-order valence-electron chi connectivity index (χ0n) is 19.8. The molecule has 0 saturated carbocycles. The van der Waals surface area contributed by atoms with E-state index in [-0.39, 0.29) is 5.56 Å². The van der Waals surface area contributed by atoms with Crippen LogP contribution in [-0.4, -0.2) is 13.9 Å². The van der Waals surface area contributed by atoms with E-state index >= 15 is 0 Å². The summed E-state index contributed by atoms with van der Waals surface area (Å²) < 4.78 is 11.5. The fourth-order valence-electron chi connectivity index (χ4n) is 4.17. The third kappa shape index (κ3) is 4.69. The SMILES string of the molecule is CCCCC(CC)Cn1c(-c2ccco2)csc1=Nc1c(C)n(C)n(-c2ccccc2)c1=O. The molecular weight excluding hydrogens is 432 g/mol. The number of hydrogen-bond donors (Lipinski definition) is 0. The van der Waals surface area contributed by atoms with Crippen LogP contribution in [0.1, 0.15) is 45.2 Å². The molecule has 1 unspecified atom stereocenters. The largest absolute Gasteiger partial charge is 0.463 e. The van der Waals surface area contributed by atoms with Gasteiger partial charge in [-0.3, -0.25) is 9.48 Å². The Labute approximate surface area is 198 Å². The van der Waals surface area contributed by atoms with Crippen molar-refractivity contribution in [2.24, 2.45) is 18.0 Å². The average Bonchev–Trinajstić information content (AvgIpc) is 3.54. The van der Waals surface area contributed by atoms with Crippen molar-refractivity contribution >= 4 is 17.0 Å². The van der Waals surface area contributed by atoms with Crippen molar-refractivity contribution in [2.75, 3.05) is 0 Å². The predicted molar refractivity (Wildman–Crippen MR) is 134 cm³/mol. The lowest BCUT2D eigenvalue weighted by atomic mass is 9.99. The van der Waals surface area contributed by atoms with E-state index in [1.54, 1.807) is 22.3 Å². The van der Waals surface area contributed by atoms with Gasteiger partial charge in [0.25, 0.3) is 5.56 Å². The van der Waals surface area contributed by atoms with E-state index in [9.17, 15) is 4.79 Å². The highest BCUT2D eigenvalue weighted by atomic mass is 32.1. The third-order valence-electron chi connectivity index (χ3n) is 6.29. The minimum Gasteiger partial charge on any atom is -0.463 e. The maximum absolute atomic E-state index is 13.4. The first kappa shape index (κ1) is 23.1. The summed E-state index contributed by atoms with van der Waals surface area (Å²) in [6.45, 7) is 7.28. The molecule has 0 aliphatic heterocycles. The van der Waals surface area contributed by atoms with Crippen LogP contribution < -0.4 is 10.4 Å². The normalized spacial score (nSPS) is 13.0. The van der Waals surface area contributed by atoms with Crippen LogP contribution >= 0.6 is 11.3 Å². The number of para-hydroxylation sites is 1. The van der Waals surface area contributed by atoms with E-state index in [4.69, 9.17) is 9.41 Å². The number of aromatic nitrogens is 3. The summed E-state index contributed by atoms with van der Waals surface area (Å²) in [5.74, 6) is 1.37. The molecule has 3 heterocycles. The number of benzene rings is 1. The number of nitrogens with zero attached hydrogens (tertiary/aromatic N) is 4. The summed E-state index contributed by atoms with van der Waals surface area (Å²) in [5, 5.41) is 2.08. The van der Waals surface area contributed by atoms with Gasteiger partial charge in [-0.15, -0.1) is 11.3 Å². The molecule has 174 valence electrons. The lowest BCUT2D eigenvalue weighted by Crippen LogP contribution is -2.22. The summed E-state index contributed by atoms with van der Waals surface area (Å²) in [6.07, 6.45) is 6.38. The molecule has 3 aromatic heterocycles. The van der Waals surface area contributed by atoms with Gasteiger partial charge < -0.3 is 8.98 Å². The van der Waals surface area contributed by atoms with Crippen molar-refractivity contribution in [3.8, 4) is 17.1 Å². The van der Waals surface area contributed by atoms with Gasteiger partial charge in [0.15, 0.2) is 16.2 Å². The van der Waals surface area contributed by atoms with Gasteiger partial charge in [0.05, 0.1) is 23.3 Å². The molecule has 0 aliphatic carbocycles. The summed E-state index contributed by atoms with van der Waals surface area (Å²) in [5.41, 5.74) is 3.04. The van der Waals surface area contributed by atoms with Crippen LogP contribution in [0.2, 0.25) is 0 Å². The van der Waals surface area contributed by atoms with Crippen LogP contribution in [-0.2, 0) is 13.6 Å². The molecule has 4 aromatic rings. The van der Waals surface area contributed by atoms with Crippen molar-refractivity contribution < 1.29 is 4.42 Å². The fraction of sp³-hybridized carbons (Fsp3) is 0.385. The topological polar surface area (TPSA) is 57.4 Å². The Morgan fingerprint density at radius 2 is 1.91 bits per heavy atom. The first-order valence-corrected chi connectivity index (χ1v) is 12.5. The molecule has 0 fully saturated rings. The number of thiazole rings is 1. The Morgan fingerprint density at radius 3 is 2.58 bits per heavy atom. The number of hydrogen-bond acceptors (Lipinski definition) is 4. The van der Waals surface area contributed by atoms with Crippen LogP contribution in [0.15, 0.2) is 68.3 Å². The highest BCUT2D eigenvalue weighted by Gasteiger charge is 2.18. The average molecular weight is 465 g/mol. The predicted octanol–water partition coefficient (Wildman–Crippen LogP) is 6.06. The maximum Gasteiger partial charge on any atom is 0.297 e. The van der Waals surface area contributed by atoms with Gasteiger partial charge in [0.2, 0.25) is 0 Å². The molecule has 0 amide bonds. The Bertz CT molecular complexity index is 1310. The van der Waals surface area contributed by atoms with Crippen LogP contribution in [0.3, 0.4) is 0 Å². The Morgan fingerprint density at radius 1 is 1.12 bits per heavy atom. The fourth-order valence-corrected chi connectivity index (χ4v) is 5.08. The van der Waals surface area contributed by atoms with Crippen LogP contribution in [0.4, 0.5) is 5.69 Å². The molecule has 0 aliphatic rings. The summed E-state index contributed by atoms with van der Waals surface area (Å²) in [6, 6.07) is 13.6. The second-order valence-corrected chi connectivity index (χ2v) is 9.27. The molecule has 33 heavy (non-hydrogen) atoms. The monoisotopic (exact) mass is 464 g/mol. The van der Waals surface area contributed by atoms with Crippen LogP contribution in [0.5, 0.6) is 0 Å². The van der Waals surface area contributed by atoms with E-state index in [2.05, 4.69) is 23.8 Å². The van der Waals surface area contributed by atoms with Crippen molar-refractivity contribution in [1.82, 2.24) is 13.9 Å². The molecule has 7 heteroatoms. The highest BCUT2D eigenvalue weighted by Crippen LogP contribution is 2.25. The van der Waals surface area contributed by atoms with Gasteiger partial charge >= 0.3 is 0 Å². The molecule has 4 rings (SSSR count). The minimum absolute atomic E-state index is 0.112. The molecular formula is C26H32N4O2S. The molecule has 0 bridgehead atoms. The first-order chi connectivity index (χ1) is 16.0. The summed E-state index contributed by atoms with van der Waals surface area (Å²) in [4.78, 5) is 19.2. The van der Waals surface area contributed by atoms with Crippen molar-refractivity contribution in [3.05, 3.63) is 75.0 Å². The van der Waals surface area contributed by atoms with Crippen molar-refractivity contribution in [2.45, 2.75) is 53.0 Å². The highest BCUT2D eigenvalue weighted by molar-refractivity contribution is 7.07. The third-order valence-corrected chi connectivity index (χ3v) is 7.15. The molecule has 6 nitrogen and oxygen atoms in total. The van der Waals surface area contributed by atoms with Crippen molar-refractivity contribution in [3.63, 3.8) is 0 Å². The molecule has 1 aromatic carbocycles. The maximum atomic E-state index is 13.4. The zero-order chi connectivity index (χ0) is 23.4. The van der Waals surface area contributed by atoms with Gasteiger partial charge in [-0.2, -0.15) is 0 Å². The molecule has 0 spiro atoms. The molecule has 1 atom stereocenters. The van der Waals surface area contributed by atoms with E-state index in [0.29, 0.717) is 11.6 Å². The van der Waals surface area contributed by atoms with Gasteiger partial charge in [-0.05, 0) is 43.5 Å². The van der Waals surface area contributed by atoms with Gasteiger partial charge in [-0.25, -0.2) is 9.67 Å². The Kier molecular flexibility index (Phi) is 7.18. The number of rotatable bonds is 9. The molecule has 0 saturated heterocycles. The van der Waals surface area contributed by atoms with Gasteiger partial charge in [-0.1, -0.05) is 51.3 Å². The second-order valence-electron chi connectivity index (χ2n) is 8.43. The number of unbranched alkanes of at least 4 members (excludes halogenated alkanes) is 1. The lowest BCUT2D eigenvalue weighted by Gasteiger charge is -2.17. The standard InChI is InChI=1S/C26H32N4O2S/c1-5-7-12-20(6-2)17-29-22(23-15-11-16-32-23)18-33-26(29)27-24-19(3)28(4)30(25(24)31)21-13-9-8-10-14-21/h8-11,13-16,18,20H,5-7,12,17H2,1-4H3. The lowest BCUT2D eigenvalue weighted by molar-refractivity contribution is 0.387. The molecule has 0 N–H and O–H groups in total. The van der Waals surface area contributed by atoms with E-state index < -0.39 is 0 Å². The van der Waals surface area contributed by atoms with E-state index in [1.807, 2.05) is 61.1 Å². The van der Waals surface area contributed by atoms with Gasteiger partial charge in [0.1, 0.15) is 0 Å². The van der Waals surface area contributed by atoms with E-state index in [0.717, 1.165) is 40.6 Å². The van der Waals surface area contributed by atoms with Crippen LogP contribution in [0, 0.1) is 12.8 Å². The second kappa shape index (κ2) is 10.3. The Balaban J connectivity index is 1.84. The first-order valence-electron chi connectivity index (χ1n) is 11.7. The van der Waals surface area contributed by atoms with Crippen molar-refractivity contribution in [1.29, 1.82) is 0 Å². The summed E-state index contributed by atoms with van der Waals surface area (Å²) in [7, 11) is 1.90. The van der Waals surface area contributed by atoms with Crippen LogP contribution in [0.25, 0.3) is 17.1 Å². The quantitative estimate of drug-likeness (QED) is 0.302. The zero-order valence-corrected chi connectivity index (χ0v) is 20.6. The van der Waals surface area contributed by atoms with E-state index in [1.165, 1.54) is 19.3 Å². The van der Waals surface area contributed by atoms with Gasteiger partial charge in [0, 0.05) is 19.0 Å². The minimum atomic E-state index is -0.112.